The van der Waals surface area contributed by atoms with Crippen LogP contribution in [0.2, 0.25) is 0 Å². The Hall–Kier alpha value is -1.12. The minimum absolute atomic E-state index is 0.169. The van der Waals surface area contributed by atoms with Crippen LogP contribution >= 0.6 is 0 Å². The van der Waals surface area contributed by atoms with E-state index in [4.69, 9.17) is 5.11 Å². The van der Waals surface area contributed by atoms with Gasteiger partial charge in [-0.1, -0.05) is 25.0 Å². The molecular weight excluding hydrogens is 204 g/mol. The highest BCUT2D eigenvalue weighted by Gasteiger charge is 2.11. The molecule has 0 aliphatic heterocycles. The molecule has 3 heteroatoms. The molecule has 0 radical (unpaired) electrons. The number of ketones is 1. The zero-order chi connectivity index (χ0) is 12.6. The first-order chi connectivity index (χ1) is 7.43. The standard InChI is InChI=1S/C13H22O3/c1-10(2)6-4-7-11(3)8-5-9-12(14)13(15)16/h6,11H,4-5,7-9H2,1-3H3,(H,15,16). The van der Waals surface area contributed by atoms with Crippen molar-refractivity contribution in [3.05, 3.63) is 11.6 Å². The number of hydrogen-bond acceptors (Lipinski definition) is 2. The van der Waals surface area contributed by atoms with Gasteiger partial charge in [0.15, 0.2) is 0 Å². The van der Waals surface area contributed by atoms with E-state index in [1.165, 1.54) is 5.57 Å². The summed E-state index contributed by atoms with van der Waals surface area (Å²) in [7, 11) is 0. The number of carbonyl (C=O) groups is 2. The molecular formula is C13H22O3. The maximum absolute atomic E-state index is 10.8. The highest BCUT2D eigenvalue weighted by molar-refractivity contribution is 6.32. The van der Waals surface area contributed by atoms with Gasteiger partial charge in [-0.25, -0.2) is 4.79 Å². The zero-order valence-corrected chi connectivity index (χ0v) is 10.5. The van der Waals surface area contributed by atoms with Crippen LogP contribution in [0.3, 0.4) is 0 Å². The van der Waals surface area contributed by atoms with Crippen molar-refractivity contribution in [2.45, 2.75) is 52.9 Å². The summed E-state index contributed by atoms with van der Waals surface area (Å²) in [5.74, 6) is -1.43. The first kappa shape index (κ1) is 14.9. The molecule has 1 N–H and O–H groups in total. The number of allylic oxidation sites excluding steroid dienone is 2. The van der Waals surface area contributed by atoms with Gasteiger partial charge in [-0.15, -0.1) is 0 Å². The average Bonchev–Trinajstić information content (AvgIpc) is 2.16. The van der Waals surface area contributed by atoms with Crippen LogP contribution in [0.4, 0.5) is 0 Å². The first-order valence-electron chi connectivity index (χ1n) is 5.83. The molecule has 0 aromatic carbocycles. The number of hydrogen-bond donors (Lipinski definition) is 1. The Morgan fingerprint density at radius 2 is 1.88 bits per heavy atom. The van der Waals surface area contributed by atoms with Crippen LogP contribution in [0.15, 0.2) is 11.6 Å². The van der Waals surface area contributed by atoms with E-state index in [1.807, 2.05) is 0 Å². The van der Waals surface area contributed by atoms with Crippen LogP contribution in [0, 0.1) is 5.92 Å². The summed E-state index contributed by atoms with van der Waals surface area (Å²) in [6, 6.07) is 0. The number of aliphatic carboxylic acids is 1. The summed E-state index contributed by atoms with van der Waals surface area (Å²) >= 11 is 0. The summed E-state index contributed by atoms with van der Waals surface area (Å²) in [4.78, 5) is 21.1. The van der Waals surface area contributed by atoms with Gasteiger partial charge in [0.05, 0.1) is 0 Å². The fourth-order valence-electron chi connectivity index (χ4n) is 1.52. The summed E-state index contributed by atoms with van der Waals surface area (Å²) in [6.45, 7) is 6.30. The van der Waals surface area contributed by atoms with Gasteiger partial charge in [-0.2, -0.15) is 0 Å². The van der Waals surface area contributed by atoms with Gasteiger partial charge in [0.1, 0.15) is 0 Å². The SMILES string of the molecule is CC(C)=CCCC(C)CCCC(=O)C(=O)O. The summed E-state index contributed by atoms with van der Waals surface area (Å²) < 4.78 is 0. The van der Waals surface area contributed by atoms with Gasteiger partial charge in [0, 0.05) is 6.42 Å². The van der Waals surface area contributed by atoms with E-state index < -0.39 is 11.8 Å². The van der Waals surface area contributed by atoms with Crippen LogP contribution in [-0.2, 0) is 9.59 Å². The lowest BCUT2D eigenvalue weighted by Crippen LogP contribution is -2.12. The largest absolute Gasteiger partial charge is 0.476 e. The summed E-state index contributed by atoms with van der Waals surface area (Å²) in [5, 5.41) is 8.39. The van der Waals surface area contributed by atoms with Crippen LogP contribution < -0.4 is 0 Å². The lowest BCUT2D eigenvalue weighted by Gasteiger charge is -2.08. The number of carbonyl (C=O) groups excluding carboxylic acids is 1. The third-order valence-corrected chi connectivity index (χ3v) is 2.55. The van der Waals surface area contributed by atoms with Gasteiger partial charge in [0.2, 0.25) is 5.78 Å². The molecule has 0 saturated heterocycles. The minimum Gasteiger partial charge on any atom is -0.476 e. The number of carboxylic acids is 1. The van der Waals surface area contributed by atoms with Gasteiger partial charge in [-0.05, 0) is 39.0 Å². The monoisotopic (exact) mass is 226 g/mol. The maximum Gasteiger partial charge on any atom is 0.372 e. The molecule has 0 aromatic rings. The molecule has 0 fully saturated rings. The molecule has 0 heterocycles. The number of Topliss-reactive ketones (excluding diaryl/α,β-unsaturated/α-hetero) is 1. The molecule has 0 aliphatic carbocycles. The second kappa shape index (κ2) is 8.08. The van der Waals surface area contributed by atoms with Gasteiger partial charge >= 0.3 is 5.97 Å². The molecule has 0 spiro atoms. The Labute approximate surface area is 97.5 Å². The van der Waals surface area contributed by atoms with E-state index in [9.17, 15) is 9.59 Å². The summed E-state index contributed by atoms with van der Waals surface area (Å²) in [5.41, 5.74) is 1.33. The molecule has 0 amide bonds. The summed E-state index contributed by atoms with van der Waals surface area (Å²) in [6.07, 6.45) is 6.15. The fourth-order valence-corrected chi connectivity index (χ4v) is 1.52. The van der Waals surface area contributed by atoms with Crippen molar-refractivity contribution >= 4 is 11.8 Å². The number of rotatable bonds is 8. The molecule has 0 rings (SSSR count). The Kier molecular flexibility index (Phi) is 7.52. The second-order valence-corrected chi connectivity index (χ2v) is 4.58. The van der Waals surface area contributed by atoms with Crippen molar-refractivity contribution in [1.82, 2.24) is 0 Å². The van der Waals surface area contributed by atoms with Crippen molar-refractivity contribution in [2.75, 3.05) is 0 Å². The quantitative estimate of drug-likeness (QED) is 0.511. The van der Waals surface area contributed by atoms with E-state index in [-0.39, 0.29) is 6.42 Å². The molecule has 0 saturated carbocycles. The predicted octanol–water partition coefficient (Wildman–Crippen LogP) is 3.19. The van der Waals surface area contributed by atoms with E-state index in [2.05, 4.69) is 26.8 Å². The molecule has 92 valence electrons. The van der Waals surface area contributed by atoms with Crippen LogP contribution in [0.25, 0.3) is 0 Å². The van der Waals surface area contributed by atoms with Crippen LogP contribution in [-0.4, -0.2) is 16.9 Å². The van der Waals surface area contributed by atoms with Crippen LogP contribution in [0.5, 0.6) is 0 Å². The van der Waals surface area contributed by atoms with Crippen molar-refractivity contribution in [1.29, 1.82) is 0 Å². The van der Waals surface area contributed by atoms with Gasteiger partial charge < -0.3 is 5.11 Å². The first-order valence-corrected chi connectivity index (χ1v) is 5.83. The number of carboxylic acid groups (broad SMARTS) is 1. The molecule has 16 heavy (non-hydrogen) atoms. The zero-order valence-electron chi connectivity index (χ0n) is 10.5. The van der Waals surface area contributed by atoms with E-state index in [0.717, 1.165) is 19.3 Å². The van der Waals surface area contributed by atoms with Crippen molar-refractivity contribution < 1.29 is 14.7 Å². The lowest BCUT2D eigenvalue weighted by molar-refractivity contribution is -0.149. The van der Waals surface area contributed by atoms with Gasteiger partial charge in [0.25, 0.3) is 0 Å². The maximum atomic E-state index is 10.8. The van der Waals surface area contributed by atoms with E-state index >= 15 is 0 Å². The van der Waals surface area contributed by atoms with Crippen molar-refractivity contribution in [2.24, 2.45) is 5.92 Å². The van der Waals surface area contributed by atoms with Gasteiger partial charge in [-0.3, -0.25) is 4.79 Å². The second-order valence-electron chi connectivity index (χ2n) is 4.58. The van der Waals surface area contributed by atoms with Crippen LogP contribution in [0.1, 0.15) is 52.9 Å². The fraction of sp³-hybridized carbons (Fsp3) is 0.692. The molecule has 3 nitrogen and oxygen atoms in total. The topological polar surface area (TPSA) is 54.4 Å². The Morgan fingerprint density at radius 1 is 1.25 bits per heavy atom. The smallest absolute Gasteiger partial charge is 0.372 e. The van der Waals surface area contributed by atoms with Crippen molar-refractivity contribution in [3.8, 4) is 0 Å². The molecule has 0 bridgehead atoms. The average molecular weight is 226 g/mol. The molecule has 1 atom stereocenters. The predicted molar refractivity (Wildman–Crippen MR) is 64.3 cm³/mol. The molecule has 0 aromatic heterocycles. The highest BCUT2D eigenvalue weighted by Crippen LogP contribution is 2.15. The lowest BCUT2D eigenvalue weighted by atomic mass is 9.97. The van der Waals surface area contributed by atoms with E-state index in [1.54, 1.807) is 0 Å². The third-order valence-electron chi connectivity index (χ3n) is 2.55. The Morgan fingerprint density at radius 3 is 2.38 bits per heavy atom. The highest BCUT2D eigenvalue weighted by atomic mass is 16.4. The Bertz CT molecular complexity index is 262. The normalized spacial score (nSPS) is 11.9. The third kappa shape index (κ3) is 8.21. The molecule has 0 aliphatic rings. The van der Waals surface area contributed by atoms with E-state index in [0.29, 0.717) is 12.3 Å². The Balaban J connectivity index is 3.58. The minimum atomic E-state index is -1.31. The van der Waals surface area contributed by atoms with Crippen molar-refractivity contribution in [3.63, 3.8) is 0 Å². The molecule has 1 unspecified atom stereocenters.